The molecule has 4 rings (SSSR count). The third-order valence-electron chi connectivity index (χ3n) is 4.38. The number of carbonyl (C=O) groups excluding carboxylic acids is 1. The van der Waals surface area contributed by atoms with Crippen LogP contribution in [0.15, 0.2) is 73.7 Å². The van der Waals surface area contributed by atoms with Gasteiger partial charge in [0.1, 0.15) is 0 Å². The topological polar surface area (TPSA) is 137 Å². The Morgan fingerprint density at radius 3 is 2.62 bits per heavy atom. The molecule has 0 saturated heterocycles. The van der Waals surface area contributed by atoms with E-state index in [9.17, 15) is 4.79 Å². The maximum Gasteiger partial charge on any atom is 0.293 e. The van der Waals surface area contributed by atoms with Gasteiger partial charge in [-0.1, -0.05) is 51.5 Å². The van der Waals surface area contributed by atoms with Crippen molar-refractivity contribution < 1.29 is 9.42 Å². The third kappa shape index (κ3) is 4.86. The minimum atomic E-state index is -0.508. The number of rotatable bonds is 7. The first-order chi connectivity index (χ1) is 15.5. The number of halogens is 1. The van der Waals surface area contributed by atoms with E-state index in [1.165, 1.54) is 16.4 Å². The number of nitrogens with zero attached hydrogens (tertiary/aromatic N) is 6. The molecule has 0 unspecified atom stereocenters. The maximum absolute atomic E-state index is 12.9. The fourth-order valence-electron chi connectivity index (χ4n) is 2.73. The Hall–Kier alpha value is -3.51. The van der Waals surface area contributed by atoms with Crippen LogP contribution in [0.4, 0.5) is 5.82 Å². The first-order valence-electron chi connectivity index (χ1n) is 9.34. The lowest BCUT2D eigenvalue weighted by molar-refractivity contribution is 0.0949. The van der Waals surface area contributed by atoms with E-state index in [0.29, 0.717) is 17.2 Å². The lowest BCUT2D eigenvalue weighted by atomic mass is 10.1. The molecule has 2 aromatic heterocycles. The highest BCUT2D eigenvalue weighted by atomic mass is 79.9. The molecule has 0 fully saturated rings. The number of hydrogen-bond donors (Lipinski definition) is 2. The van der Waals surface area contributed by atoms with Crippen LogP contribution in [0.3, 0.4) is 0 Å². The largest absolute Gasteiger partial charge is 0.378 e. The molecule has 1 amide bonds. The second-order valence-electron chi connectivity index (χ2n) is 6.52. The summed E-state index contributed by atoms with van der Waals surface area (Å²) in [5, 5.41) is 19.6. The van der Waals surface area contributed by atoms with E-state index in [0.717, 1.165) is 14.9 Å². The highest BCUT2D eigenvalue weighted by molar-refractivity contribution is 9.10. The highest BCUT2D eigenvalue weighted by Gasteiger charge is 2.24. The summed E-state index contributed by atoms with van der Waals surface area (Å²) in [6, 6.07) is 17.3. The van der Waals surface area contributed by atoms with E-state index in [1.54, 1.807) is 6.92 Å². The zero-order valence-corrected chi connectivity index (χ0v) is 19.2. The fourth-order valence-corrected chi connectivity index (χ4v) is 3.90. The van der Waals surface area contributed by atoms with E-state index in [2.05, 4.69) is 51.7 Å². The van der Waals surface area contributed by atoms with Crippen LogP contribution in [0.1, 0.15) is 28.7 Å². The predicted molar refractivity (Wildman–Crippen MR) is 123 cm³/mol. The molecule has 0 atom stereocenters. The Balaban J connectivity index is 1.60. The van der Waals surface area contributed by atoms with E-state index in [1.807, 2.05) is 54.6 Å². The van der Waals surface area contributed by atoms with Gasteiger partial charge in [0.05, 0.1) is 11.4 Å². The molecule has 2 heterocycles. The summed E-state index contributed by atoms with van der Waals surface area (Å²) in [5.74, 6) is 0.0691. The third-order valence-corrected chi connectivity index (χ3v) is 5.93. The van der Waals surface area contributed by atoms with E-state index in [4.69, 9.17) is 5.73 Å². The molecule has 0 spiro atoms. The maximum atomic E-state index is 12.9. The molecule has 4 aromatic rings. The van der Waals surface area contributed by atoms with Crippen molar-refractivity contribution in [2.75, 3.05) is 5.73 Å². The van der Waals surface area contributed by atoms with E-state index in [-0.39, 0.29) is 17.3 Å². The molecule has 12 heteroatoms. The van der Waals surface area contributed by atoms with Crippen molar-refractivity contribution in [2.45, 2.75) is 17.6 Å². The van der Waals surface area contributed by atoms with Gasteiger partial charge >= 0.3 is 0 Å². The van der Waals surface area contributed by atoms with Gasteiger partial charge in [-0.15, -0.1) is 16.9 Å². The quantitative estimate of drug-likeness (QED) is 0.218. The van der Waals surface area contributed by atoms with Crippen LogP contribution in [0.5, 0.6) is 0 Å². The van der Waals surface area contributed by atoms with Crippen molar-refractivity contribution in [1.82, 2.24) is 30.7 Å². The number of amides is 1. The Morgan fingerprint density at radius 2 is 1.94 bits per heavy atom. The molecule has 0 bridgehead atoms. The van der Waals surface area contributed by atoms with Gasteiger partial charge in [-0.2, -0.15) is 9.78 Å². The average Bonchev–Trinajstić information content (AvgIpc) is 3.42. The lowest BCUT2D eigenvalue weighted by Gasteiger charge is -2.06. The minimum absolute atomic E-state index is 0.0388. The van der Waals surface area contributed by atoms with Crippen LogP contribution < -0.4 is 11.2 Å². The van der Waals surface area contributed by atoms with Gasteiger partial charge in [0.2, 0.25) is 11.6 Å². The first kappa shape index (κ1) is 21.7. The number of nitrogens with two attached hydrogens (primary N) is 1. The van der Waals surface area contributed by atoms with Gasteiger partial charge in [-0.3, -0.25) is 4.79 Å². The Morgan fingerprint density at radius 1 is 1.19 bits per heavy atom. The second-order valence-corrected chi connectivity index (χ2v) is 8.48. The zero-order valence-electron chi connectivity index (χ0n) is 16.8. The van der Waals surface area contributed by atoms with Crippen LogP contribution in [-0.2, 0) is 5.75 Å². The molecule has 3 N–H and O–H groups in total. The molecule has 0 saturated carbocycles. The van der Waals surface area contributed by atoms with E-state index >= 15 is 0 Å². The number of nitrogen functional groups attached to an aromatic ring is 1. The summed E-state index contributed by atoms with van der Waals surface area (Å²) in [7, 11) is 0. The lowest BCUT2D eigenvalue weighted by Crippen LogP contribution is -2.21. The number of hydrogen-bond acceptors (Lipinski definition) is 9. The Kier molecular flexibility index (Phi) is 6.61. The normalized spacial score (nSPS) is 11.5. The zero-order chi connectivity index (χ0) is 22.5. The van der Waals surface area contributed by atoms with Gasteiger partial charge in [0.15, 0.2) is 5.69 Å². The van der Waals surface area contributed by atoms with Crippen LogP contribution in [-0.4, -0.2) is 36.9 Å². The molecule has 0 aliphatic rings. The van der Waals surface area contributed by atoms with Gasteiger partial charge in [0, 0.05) is 15.1 Å². The number of thioether (sulfide) groups is 1. The van der Waals surface area contributed by atoms with Gasteiger partial charge < -0.3 is 5.73 Å². The van der Waals surface area contributed by atoms with Crippen LogP contribution in [0, 0.1) is 0 Å². The number of benzene rings is 2. The van der Waals surface area contributed by atoms with Crippen molar-refractivity contribution in [3.8, 4) is 5.82 Å². The van der Waals surface area contributed by atoms with Crippen molar-refractivity contribution in [3.05, 3.63) is 76.0 Å². The molecule has 0 radical (unpaired) electrons. The van der Waals surface area contributed by atoms with Crippen molar-refractivity contribution in [2.24, 2.45) is 5.10 Å². The molecule has 32 heavy (non-hydrogen) atoms. The molecular formula is C20H17BrN8O2S. The summed E-state index contributed by atoms with van der Waals surface area (Å²) in [6.45, 7) is 1.80. The predicted octanol–water partition coefficient (Wildman–Crippen LogP) is 3.44. The number of anilines is 1. The minimum Gasteiger partial charge on any atom is -0.378 e. The Bertz CT molecular complexity index is 1250. The number of aromatic nitrogens is 5. The standard InChI is InChI=1S/C20H17BrN8O2S/c1-12(13-7-9-14(21)10-8-13)23-25-20(30)17-16(11-32-15-5-3-2-4-6-15)29(28-24-17)19-18(22)26-31-27-19/h2-10H,11H2,1H3,(H2,22,26)(H,25,30). The molecule has 0 aliphatic carbocycles. The molecule has 162 valence electrons. The SMILES string of the molecule is CC(=NNC(=O)c1nnn(-c2nonc2N)c1CSc1ccccc1)c1ccc(Br)cc1. The summed E-state index contributed by atoms with van der Waals surface area (Å²) in [6.07, 6.45) is 0. The van der Waals surface area contributed by atoms with Crippen LogP contribution in [0.2, 0.25) is 0 Å². The molecular weight excluding hydrogens is 496 g/mol. The summed E-state index contributed by atoms with van der Waals surface area (Å²) < 4.78 is 6.98. The molecule has 10 nitrogen and oxygen atoms in total. The van der Waals surface area contributed by atoms with Gasteiger partial charge in [-0.05, 0) is 47.1 Å². The number of nitrogens with one attached hydrogen (secondary N) is 1. The van der Waals surface area contributed by atoms with Gasteiger partial charge in [0.25, 0.3) is 5.91 Å². The summed E-state index contributed by atoms with van der Waals surface area (Å²) >= 11 is 4.91. The average molecular weight is 513 g/mol. The van der Waals surface area contributed by atoms with Crippen LogP contribution in [0.25, 0.3) is 5.82 Å². The number of carbonyl (C=O) groups is 1. The van der Waals surface area contributed by atoms with E-state index < -0.39 is 5.91 Å². The molecule has 0 aliphatic heterocycles. The van der Waals surface area contributed by atoms with Crippen LogP contribution >= 0.6 is 27.7 Å². The Labute approximate surface area is 195 Å². The van der Waals surface area contributed by atoms with Crippen molar-refractivity contribution >= 4 is 45.1 Å². The van der Waals surface area contributed by atoms with Crippen molar-refractivity contribution in [3.63, 3.8) is 0 Å². The second kappa shape index (κ2) is 9.75. The number of hydrazone groups is 1. The smallest absolute Gasteiger partial charge is 0.293 e. The fraction of sp³-hybridized carbons (Fsp3) is 0.100. The highest BCUT2D eigenvalue weighted by Crippen LogP contribution is 2.25. The van der Waals surface area contributed by atoms with Crippen molar-refractivity contribution in [1.29, 1.82) is 0 Å². The first-order valence-corrected chi connectivity index (χ1v) is 11.1. The van der Waals surface area contributed by atoms with Gasteiger partial charge in [-0.25, -0.2) is 10.1 Å². The summed E-state index contributed by atoms with van der Waals surface area (Å²) in [5.41, 5.74) is 10.5. The monoisotopic (exact) mass is 512 g/mol. The molecule has 2 aromatic carbocycles. The summed E-state index contributed by atoms with van der Waals surface area (Å²) in [4.78, 5) is 13.9.